The molecule has 0 radical (unpaired) electrons. The third-order valence-electron chi connectivity index (χ3n) is 5.62. The summed E-state index contributed by atoms with van der Waals surface area (Å²) in [6, 6.07) is 12.3. The number of urea groups is 1. The Morgan fingerprint density at radius 1 is 1.10 bits per heavy atom. The Labute approximate surface area is 184 Å². The van der Waals surface area contributed by atoms with E-state index in [0.29, 0.717) is 11.3 Å². The highest BCUT2D eigenvalue weighted by molar-refractivity contribution is 6.00. The molecule has 7 nitrogen and oxygen atoms in total. The molecule has 0 unspecified atom stereocenters. The number of aryl methyl sites for hydroxylation is 2. The topological polar surface area (TPSA) is 83.8 Å². The maximum Gasteiger partial charge on any atom is 0.360 e. The standard InChI is InChI=1S/C24H27N3O4.2H2/c1-15-4-7-18(8-5-15)25-24(29)26-20-14-17-6-9-21(16(2)22(17)31-23(20)28)30-19-10-12-27(3)13-11-19;;/h4-9,14,19H,10-13H2,1-3H3,(H2,25,26,29);2*1H. The van der Waals surface area contributed by atoms with Gasteiger partial charge in [-0.3, -0.25) is 0 Å². The monoisotopic (exact) mass is 425 g/mol. The smallest absolute Gasteiger partial charge is 0.360 e. The van der Waals surface area contributed by atoms with E-state index in [-0.39, 0.29) is 14.6 Å². The molecular formula is C24H31N3O4. The zero-order chi connectivity index (χ0) is 22.0. The van der Waals surface area contributed by atoms with Crippen LogP contribution in [0, 0.1) is 13.8 Å². The predicted molar refractivity (Wildman–Crippen MR) is 126 cm³/mol. The van der Waals surface area contributed by atoms with E-state index in [1.165, 1.54) is 0 Å². The van der Waals surface area contributed by atoms with Crippen LogP contribution < -0.4 is 21.0 Å². The summed E-state index contributed by atoms with van der Waals surface area (Å²) in [6.45, 7) is 5.86. The van der Waals surface area contributed by atoms with Gasteiger partial charge in [-0.2, -0.15) is 0 Å². The fourth-order valence-electron chi connectivity index (χ4n) is 3.72. The molecule has 4 rings (SSSR count). The minimum Gasteiger partial charge on any atom is -0.490 e. The summed E-state index contributed by atoms with van der Waals surface area (Å²) in [7, 11) is 2.11. The van der Waals surface area contributed by atoms with Gasteiger partial charge in [-0.05, 0) is 64.1 Å². The zero-order valence-corrected chi connectivity index (χ0v) is 18.0. The van der Waals surface area contributed by atoms with Gasteiger partial charge in [-0.15, -0.1) is 0 Å². The molecule has 1 saturated heterocycles. The van der Waals surface area contributed by atoms with Crippen LogP contribution in [0.2, 0.25) is 0 Å². The summed E-state index contributed by atoms with van der Waals surface area (Å²) < 4.78 is 11.7. The lowest BCUT2D eigenvalue weighted by molar-refractivity contribution is 0.113. The van der Waals surface area contributed by atoms with Crippen LogP contribution in [0.1, 0.15) is 26.8 Å². The highest BCUT2D eigenvalue weighted by Gasteiger charge is 2.20. The molecule has 1 aliphatic rings. The van der Waals surface area contributed by atoms with E-state index in [1.54, 1.807) is 18.2 Å². The fraction of sp³-hybridized carbons (Fsp3) is 0.333. The van der Waals surface area contributed by atoms with Gasteiger partial charge < -0.3 is 24.7 Å². The lowest BCUT2D eigenvalue weighted by atomic mass is 10.1. The summed E-state index contributed by atoms with van der Waals surface area (Å²) in [6.07, 6.45) is 2.10. The van der Waals surface area contributed by atoms with E-state index in [9.17, 15) is 9.59 Å². The minimum absolute atomic E-state index is 0. The largest absolute Gasteiger partial charge is 0.490 e. The summed E-state index contributed by atoms with van der Waals surface area (Å²) >= 11 is 0. The Kier molecular flexibility index (Phi) is 5.95. The maximum absolute atomic E-state index is 12.5. The Bertz CT molecular complexity index is 1160. The first-order valence-electron chi connectivity index (χ1n) is 10.5. The number of carbonyl (C=O) groups is 1. The SMILES string of the molecule is Cc1ccc(NC(=O)Nc2cc3ccc(OC4CCN(C)CC4)c(C)c3oc2=O)cc1.[HH].[HH]. The molecule has 31 heavy (non-hydrogen) atoms. The lowest BCUT2D eigenvalue weighted by Gasteiger charge is -2.29. The average Bonchev–Trinajstić information content (AvgIpc) is 2.74. The molecule has 0 aliphatic carbocycles. The molecule has 2 N–H and O–H groups in total. The van der Waals surface area contributed by atoms with Crippen LogP contribution >= 0.6 is 0 Å². The first-order valence-corrected chi connectivity index (χ1v) is 10.5. The van der Waals surface area contributed by atoms with Gasteiger partial charge in [-0.25, -0.2) is 9.59 Å². The molecule has 7 heteroatoms. The van der Waals surface area contributed by atoms with Crippen LogP contribution in [0.5, 0.6) is 5.75 Å². The number of hydrogen-bond acceptors (Lipinski definition) is 5. The van der Waals surface area contributed by atoms with Gasteiger partial charge in [0.15, 0.2) is 0 Å². The molecule has 0 atom stereocenters. The molecule has 166 valence electrons. The van der Waals surface area contributed by atoms with Crippen molar-refractivity contribution in [1.29, 1.82) is 0 Å². The van der Waals surface area contributed by atoms with E-state index >= 15 is 0 Å². The predicted octanol–water partition coefficient (Wildman–Crippen LogP) is 5.02. The molecule has 0 spiro atoms. The molecule has 1 fully saturated rings. The highest BCUT2D eigenvalue weighted by atomic mass is 16.5. The van der Waals surface area contributed by atoms with Crippen molar-refractivity contribution < 1.29 is 16.8 Å². The van der Waals surface area contributed by atoms with Gasteiger partial charge in [0.05, 0.1) is 0 Å². The van der Waals surface area contributed by atoms with Gasteiger partial charge >= 0.3 is 11.7 Å². The number of nitrogens with one attached hydrogen (secondary N) is 2. The number of amides is 2. The van der Waals surface area contributed by atoms with Gasteiger partial charge in [0.25, 0.3) is 0 Å². The number of nitrogens with zero attached hydrogens (tertiary/aromatic N) is 1. The number of anilines is 2. The van der Waals surface area contributed by atoms with Crippen molar-refractivity contribution in [3.05, 3.63) is 64.0 Å². The molecule has 2 amide bonds. The third-order valence-corrected chi connectivity index (χ3v) is 5.62. The lowest BCUT2D eigenvalue weighted by Crippen LogP contribution is -2.35. The van der Waals surface area contributed by atoms with Crippen LogP contribution in [0.3, 0.4) is 0 Å². The van der Waals surface area contributed by atoms with E-state index in [0.717, 1.165) is 48.2 Å². The van der Waals surface area contributed by atoms with E-state index < -0.39 is 11.7 Å². The van der Waals surface area contributed by atoms with E-state index in [4.69, 9.17) is 9.15 Å². The van der Waals surface area contributed by atoms with Crippen molar-refractivity contribution in [2.24, 2.45) is 0 Å². The Morgan fingerprint density at radius 2 is 1.81 bits per heavy atom. The van der Waals surface area contributed by atoms with Crippen LogP contribution in [0.15, 0.2) is 51.7 Å². The number of ether oxygens (including phenoxy) is 1. The quantitative estimate of drug-likeness (QED) is 0.574. The molecule has 0 bridgehead atoms. The number of benzene rings is 2. The highest BCUT2D eigenvalue weighted by Crippen LogP contribution is 2.29. The number of piperidine rings is 1. The van der Waals surface area contributed by atoms with E-state index in [2.05, 4.69) is 22.6 Å². The minimum atomic E-state index is -0.605. The van der Waals surface area contributed by atoms with Crippen LogP contribution in [-0.2, 0) is 0 Å². The second kappa shape index (κ2) is 8.81. The van der Waals surface area contributed by atoms with Crippen LogP contribution in [0.25, 0.3) is 11.0 Å². The first kappa shape index (κ1) is 20.9. The Hall–Kier alpha value is -3.32. The maximum atomic E-state index is 12.5. The van der Waals surface area contributed by atoms with Crippen LogP contribution in [0.4, 0.5) is 16.2 Å². The van der Waals surface area contributed by atoms with Gasteiger partial charge in [0.2, 0.25) is 0 Å². The van der Waals surface area contributed by atoms with Crippen molar-refractivity contribution in [2.75, 3.05) is 30.8 Å². The van der Waals surface area contributed by atoms with Crippen molar-refractivity contribution in [3.63, 3.8) is 0 Å². The van der Waals surface area contributed by atoms with Crippen molar-refractivity contribution in [3.8, 4) is 5.75 Å². The number of fused-ring (bicyclic) bond motifs is 1. The Morgan fingerprint density at radius 3 is 2.52 bits per heavy atom. The first-order chi connectivity index (χ1) is 14.9. The van der Waals surface area contributed by atoms with Crippen molar-refractivity contribution in [1.82, 2.24) is 4.90 Å². The summed E-state index contributed by atoms with van der Waals surface area (Å²) in [5, 5.41) is 6.01. The van der Waals surface area contributed by atoms with Gasteiger partial charge in [-0.1, -0.05) is 17.7 Å². The number of hydrogen-bond donors (Lipinski definition) is 2. The number of carbonyl (C=O) groups excluding carboxylic acids is 1. The molecule has 2 aromatic carbocycles. The number of likely N-dealkylation sites (tertiary alicyclic amines) is 1. The van der Waals surface area contributed by atoms with Crippen molar-refractivity contribution >= 4 is 28.4 Å². The molecule has 2 heterocycles. The number of rotatable bonds is 4. The van der Waals surface area contributed by atoms with Crippen molar-refractivity contribution in [2.45, 2.75) is 32.8 Å². The fourth-order valence-corrected chi connectivity index (χ4v) is 3.72. The Balaban J connectivity index is 0.00000193. The van der Waals surface area contributed by atoms with Gasteiger partial charge in [0, 0.05) is 32.6 Å². The molecule has 0 saturated carbocycles. The molecular weight excluding hydrogens is 394 g/mol. The molecule has 1 aromatic heterocycles. The normalized spacial score (nSPS) is 15.1. The van der Waals surface area contributed by atoms with E-state index in [1.807, 2.05) is 38.1 Å². The second-order valence-corrected chi connectivity index (χ2v) is 8.12. The summed E-state index contributed by atoms with van der Waals surface area (Å²) in [5.74, 6) is 0.725. The summed E-state index contributed by atoms with van der Waals surface area (Å²) in [5.41, 5.74) is 2.46. The zero-order valence-electron chi connectivity index (χ0n) is 18.0. The van der Waals surface area contributed by atoms with Gasteiger partial charge in [0.1, 0.15) is 23.1 Å². The van der Waals surface area contributed by atoms with Crippen LogP contribution in [-0.4, -0.2) is 37.2 Å². The third kappa shape index (κ3) is 4.88. The molecule has 1 aliphatic heterocycles. The second-order valence-electron chi connectivity index (χ2n) is 8.12. The average molecular weight is 426 g/mol. The molecule has 3 aromatic rings. The summed E-state index contributed by atoms with van der Waals surface area (Å²) in [4.78, 5) is 27.1.